The molecule has 0 heterocycles. The Labute approximate surface area is 72.4 Å². The summed E-state index contributed by atoms with van der Waals surface area (Å²) in [6.07, 6.45) is 3.04. The first-order valence-electron chi connectivity index (χ1n) is 3.58. The van der Waals surface area contributed by atoms with Gasteiger partial charge in [0, 0.05) is 6.16 Å². The first kappa shape index (κ1) is 11.0. The van der Waals surface area contributed by atoms with Crippen molar-refractivity contribution in [3.63, 3.8) is 0 Å². The van der Waals surface area contributed by atoms with Gasteiger partial charge in [0.05, 0.1) is 0 Å². The normalized spacial score (nSPS) is 16.7. The van der Waals surface area contributed by atoms with E-state index in [9.17, 15) is 4.89 Å². The molecule has 0 fully saturated rings. The summed E-state index contributed by atoms with van der Waals surface area (Å²) in [6, 6.07) is 0. The van der Waals surface area contributed by atoms with Crippen molar-refractivity contribution in [1.29, 1.82) is 0 Å². The molecular formula is C6H15OPS2. The van der Waals surface area contributed by atoms with E-state index in [1.807, 2.05) is 6.92 Å². The lowest BCUT2D eigenvalue weighted by Crippen LogP contribution is -1.84. The maximum Gasteiger partial charge on any atom is 0.116 e. The van der Waals surface area contributed by atoms with Crippen molar-refractivity contribution >= 4 is 28.7 Å². The third kappa shape index (κ3) is 5.72. The number of hydrogen-bond donors (Lipinski definition) is 1. The highest BCUT2D eigenvalue weighted by Crippen LogP contribution is 2.55. The van der Waals surface area contributed by atoms with E-state index < -0.39 is 5.47 Å². The molecule has 1 atom stereocenters. The molecule has 0 aliphatic heterocycles. The topological polar surface area (TPSA) is 20.2 Å². The maximum atomic E-state index is 9.53. The van der Waals surface area contributed by atoms with Crippen molar-refractivity contribution in [3.8, 4) is 0 Å². The fraction of sp³-hybridized carbons (Fsp3) is 1.00. The van der Waals surface area contributed by atoms with E-state index in [0.29, 0.717) is 0 Å². The average molecular weight is 198 g/mol. The standard InChI is InChI=1S/C6H15OPS2/c1-3-5-6-8(7,9)10-4-2/h3-6H2,1-2H3,(H,7,9). The summed E-state index contributed by atoms with van der Waals surface area (Å²) in [5.74, 6) is 0.942. The van der Waals surface area contributed by atoms with E-state index in [1.54, 1.807) is 11.4 Å². The minimum Gasteiger partial charge on any atom is -0.357 e. The quantitative estimate of drug-likeness (QED) is 0.686. The lowest BCUT2D eigenvalue weighted by molar-refractivity contribution is 0.633. The molecule has 0 aromatic rings. The smallest absolute Gasteiger partial charge is 0.116 e. The molecule has 0 spiro atoms. The van der Waals surface area contributed by atoms with Gasteiger partial charge in [-0.05, 0) is 12.2 Å². The van der Waals surface area contributed by atoms with Gasteiger partial charge in [-0.15, -0.1) is 0 Å². The Balaban J connectivity index is 3.53. The van der Waals surface area contributed by atoms with Crippen molar-refractivity contribution in [2.24, 2.45) is 0 Å². The van der Waals surface area contributed by atoms with Gasteiger partial charge in [-0.2, -0.15) is 0 Å². The maximum absolute atomic E-state index is 9.53. The Kier molecular flexibility index (Phi) is 6.13. The first-order valence-corrected chi connectivity index (χ1v) is 8.12. The molecule has 0 rings (SSSR count). The van der Waals surface area contributed by atoms with E-state index in [-0.39, 0.29) is 0 Å². The molecule has 0 amide bonds. The zero-order valence-electron chi connectivity index (χ0n) is 6.54. The van der Waals surface area contributed by atoms with Gasteiger partial charge in [-0.3, -0.25) is 0 Å². The van der Waals surface area contributed by atoms with Crippen LogP contribution in [0.1, 0.15) is 26.7 Å². The Morgan fingerprint density at radius 3 is 2.50 bits per heavy atom. The molecule has 10 heavy (non-hydrogen) atoms. The molecule has 1 N–H and O–H groups in total. The molecule has 0 aliphatic rings. The Morgan fingerprint density at radius 2 is 2.10 bits per heavy atom. The third-order valence-corrected chi connectivity index (χ3v) is 6.70. The zero-order valence-corrected chi connectivity index (χ0v) is 9.07. The first-order chi connectivity index (χ1) is 4.62. The summed E-state index contributed by atoms with van der Waals surface area (Å²) in [6.45, 7) is 4.15. The van der Waals surface area contributed by atoms with Gasteiger partial charge >= 0.3 is 0 Å². The molecule has 1 unspecified atom stereocenters. The van der Waals surface area contributed by atoms with Crippen LogP contribution >= 0.6 is 16.8 Å². The molecular weight excluding hydrogens is 183 g/mol. The highest BCUT2D eigenvalue weighted by molar-refractivity contribution is 8.69. The Morgan fingerprint density at radius 1 is 1.50 bits per heavy atom. The van der Waals surface area contributed by atoms with Crippen LogP contribution in [0.3, 0.4) is 0 Å². The minimum absolute atomic E-state index is 0.845. The number of unbranched alkanes of at least 4 members (excludes halogenated alkanes) is 1. The van der Waals surface area contributed by atoms with Crippen molar-refractivity contribution in [1.82, 2.24) is 0 Å². The van der Waals surface area contributed by atoms with E-state index in [0.717, 1.165) is 24.8 Å². The molecule has 0 saturated heterocycles. The lowest BCUT2D eigenvalue weighted by atomic mass is 10.4. The minimum atomic E-state index is -1.96. The molecule has 4 heteroatoms. The second kappa shape index (κ2) is 5.59. The fourth-order valence-corrected chi connectivity index (χ4v) is 5.19. The highest BCUT2D eigenvalue weighted by atomic mass is 32.9. The van der Waals surface area contributed by atoms with Crippen LogP contribution in [-0.4, -0.2) is 16.8 Å². The van der Waals surface area contributed by atoms with Gasteiger partial charge in [0.25, 0.3) is 0 Å². The summed E-state index contributed by atoms with van der Waals surface area (Å²) in [4.78, 5) is 9.53. The van der Waals surface area contributed by atoms with Gasteiger partial charge in [0.1, 0.15) is 5.47 Å². The van der Waals surface area contributed by atoms with Crippen LogP contribution in [-0.2, 0) is 11.8 Å². The molecule has 0 aromatic carbocycles. The van der Waals surface area contributed by atoms with Crippen molar-refractivity contribution in [2.45, 2.75) is 26.7 Å². The van der Waals surface area contributed by atoms with E-state index in [1.165, 1.54) is 0 Å². The average Bonchev–Trinajstić information content (AvgIpc) is 1.84. The van der Waals surface area contributed by atoms with Crippen LogP contribution in [0.2, 0.25) is 0 Å². The molecule has 0 bridgehead atoms. The molecule has 1 nitrogen and oxygen atoms in total. The second-order valence-electron chi connectivity index (χ2n) is 2.13. The van der Waals surface area contributed by atoms with Gasteiger partial charge in [-0.25, -0.2) is 0 Å². The van der Waals surface area contributed by atoms with Crippen molar-refractivity contribution in [3.05, 3.63) is 0 Å². The van der Waals surface area contributed by atoms with E-state index >= 15 is 0 Å². The van der Waals surface area contributed by atoms with Crippen molar-refractivity contribution in [2.75, 3.05) is 11.9 Å². The lowest BCUT2D eigenvalue weighted by Gasteiger charge is -2.11. The van der Waals surface area contributed by atoms with Crippen LogP contribution < -0.4 is 0 Å². The SMILES string of the molecule is CCCCP(O)(=S)SCC. The van der Waals surface area contributed by atoms with Crippen LogP contribution in [0.5, 0.6) is 0 Å². The van der Waals surface area contributed by atoms with Crippen molar-refractivity contribution < 1.29 is 4.89 Å². The summed E-state index contributed by atoms with van der Waals surface area (Å²) < 4.78 is 0. The summed E-state index contributed by atoms with van der Waals surface area (Å²) in [5, 5.41) is 0. The predicted molar refractivity (Wildman–Crippen MR) is 54.4 cm³/mol. The second-order valence-corrected chi connectivity index (χ2v) is 9.78. The molecule has 62 valence electrons. The molecule has 0 saturated carbocycles. The number of hydrogen-bond acceptors (Lipinski definition) is 2. The van der Waals surface area contributed by atoms with Gasteiger partial charge in [-0.1, -0.05) is 43.5 Å². The molecule has 0 aliphatic carbocycles. The van der Waals surface area contributed by atoms with Crippen LogP contribution in [0.15, 0.2) is 0 Å². The molecule has 0 aromatic heterocycles. The zero-order chi connectivity index (χ0) is 8.04. The third-order valence-electron chi connectivity index (χ3n) is 1.13. The van der Waals surface area contributed by atoms with Crippen LogP contribution in [0.4, 0.5) is 0 Å². The Bertz CT molecular complexity index is 127. The largest absolute Gasteiger partial charge is 0.357 e. The van der Waals surface area contributed by atoms with Gasteiger partial charge in [0.15, 0.2) is 0 Å². The fourth-order valence-electron chi connectivity index (χ4n) is 0.624. The van der Waals surface area contributed by atoms with Crippen LogP contribution in [0.25, 0.3) is 0 Å². The molecule has 0 radical (unpaired) electrons. The Hall–Kier alpha value is 0.960. The predicted octanol–water partition coefficient (Wildman–Crippen LogP) is 2.84. The number of rotatable bonds is 5. The monoisotopic (exact) mass is 198 g/mol. The van der Waals surface area contributed by atoms with E-state index in [2.05, 4.69) is 6.92 Å². The summed E-state index contributed by atoms with van der Waals surface area (Å²) >= 11 is 6.59. The van der Waals surface area contributed by atoms with E-state index in [4.69, 9.17) is 11.8 Å². The van der Waals surface area contributed by atoms with Gasteiger partial charge in [0.2, 0.25) is 0 Å². The highest BCUT2D eigenvalue weighted by Gasteiger charge is 2.09. The van der Waals surface area contributed by atoms with Crippen LogP contribution in [0, 0.1) is 0 Å². The van der Waals surface area contributed by atoms with Gasteiger partial charge < -0.3 is 4.89 Å². The summed E-state index contributed by atoms with van der Waals surface area (Å²) in [7, 11) is 0. The summed E-state index contributed by atoms with van der Waals surface area (Å²) in [5.41, 5.74) is -1.96.